The van der Waals surface area contributed by atoms with Gasteiger partial charge in [0, 0.05) is 24.4 Å². The van der Waals surface area contributed by atoms with Crippen LogP contribution in [0.4, 0.5) is 13.6 Å². The Bertz CT molecular complexity index is 1250. The van der Waals surface area contributed by atoms with Gasteiger partial charge in [0.2, 0.25) is 18.0 Å². The number of carbonyl (C=O) groups excluding carboxylic acids is 3. The monoisotopic (exact) mass is 493 g/mol. The van der Waals surface area contributed by atoms with Crippen molar-refractivity contribution in [3.63, 3.8) is 0 Å². The fraction of sp³-hybridized carbons (Fsp3) is 0.364. The van der Waals surface area contributed by atoms with Gasteiger partial charge in [-0.25, -0.2) is 13.6 Å². The second-order valence-corrected chi connectivity index (χ2v) is 7.83. The number of aromatic nitrogens is 1. The number of ether oxygens (including phenoxy) is 4. The van der Waals surface area contributed by atoms with E-state index in [9.17, 15) is 28.0 Å². The third-order valence-electron chi connectivity index (χ3n) is 5.59. The molecule has 13 heteroatoms. The Hall–Kier alpha value is -4.00. The van der Waals surface area contributed by atoms with Crippen molar-refractivity contribution in [3.8, 4) is 5.75 Å². The Morgan fingerprint density at radius 2 is 2.03 bits per heavy atom. The molecule has 1 aromatic carbocycles. The molecule has 0 radical (unpaired) electrons. The average Bonchev–Trinajstić information content (AvgIpc) is 3.20. The molecule has 4 rings (SSSR count). The number of nitrogens with zero attached hydrogens (tertiary/aromatic N) is 2. The molecule has 1 aromatic heterocycles. The fourth-order valence-corrected chi connectivity index (χ4v) is 3.89. The predicted molar refractivity (Wildman–Crippen MR) is 113 cm³/mol. The standard InChI is InChI=1S/C22H21F2N3O8/c1-11-9-33-16-8-26-7-14(20(29)25-6-12-3-4-13(23)5-15(12)24)18(28)19(17(26)21(30)27(11)16)34-10-35-22(31)32-2/h3-5,7,11,16H,6,8-10H2,1-2H3,(H,25,29)/t11-,16+/m0/s1. The van der Waals surface area contributed by atoms with E-state index in [1.54, 1.807) is 6.92 Å². The molecule has 35 heavy (non-hydrogen) atoms. The van der Waals surface area contributed by atoms with Gasteiger partial charge in [0.25, 0.3) is 11.8 Å². The quantitative estimate of drug-likeness (QED) is 0.473. The molecule has 0 bridgehead atoms. The highest BCUT2D eigenvalue weighted by Crippen LogP contribution is 2.30. The largest absolute Gasteiger partial charge is 0.510 e. The Balaban J connectivity index is 1.67. The van der Waals surface area contributed by atoms with Gasteiger partial charge in [0.1, 0.15) is 17.2 Å². The van der Waals surface area contributed by atoms with E-state index >= 15 is 0 Å². The minimum absolute atomic E-state index is 0.0000682. The summed E-state index contributed by atoms with van der Waals surface area (Å²) >= 11 is 0. The highest BCUT2D eigenvalue weighted by atomic mass is 19.1. The van der Waals surface area contributed by atoms with Crippen LogP contribution in [0, 0.1) is 11.6 Å². The summed E-state index contributed by atoms with van der Waals surface area (Å²) in [6.07, 6.45) is -0.512. The van der Waals surface area contributed by atoms with Crippen molar-refractivity contribution in [1.82, 2.24) is 14.8 Å². The van der Waals surface area contributed by atoms with E-state index in [-0.39, 0.29) is 37.0 Å². The first-order valence-corrected chi connectivity index (χ1v) is 10.5. The van der Waals surface area contributed by atoms with Gasteiger partial charge in [0.15, 0.2) is 11.9 Å². The summed E-state index contributed by atoms with van der Waals surface area (Å²) in [7, 11) is 1.08. The molecular weight excluding hydrogens is 472 g/mol. The topological polar surface area (TPSA) is 125 Å². The summed E-state index contributed by atoms with van der Waals surface area (Å²) in [4.78, 5) is 51.9. The van der Waals surface area contributed by atoms with Crippen LogP contribution in [-0.4, -0.2) is 60.2 Å². The van der Waals surface area contributed by atoms with Gasteiger partial charge in [0.05, 0.1) is 26.3 Å². The minimum Gasteiger partial charge on any atom is -0.451 e. The van der Waals surface area contributed by atoms with Crippen molar-refractivity contribution in [2.45, 2.75) is 32.3 Å². The summed E-state index contributed by atoms with van der Waals surface area (Å²) in [6.45, 7) is 1.08. The van der Waals surface area contributed by atoms with Gasteiger partial charge in [-0.15, -0.1) is 0 Å². The molecule has 2 aliphatic heterocycles. The molecule has 0 unspecified atom stereocenters. The number of carbonyl (C=O) groups is 3. The maximum Gasteiger partial charge on any atom is 0.510 e. The van der Waals surface area contributed by atoms with Crippen molar-refractivity contribution in [3.05, 3.63) is 63.1 Å². The third kappa shape index (κ3) is 4.67. The van der Waals surface area contributed by atoms with E-state index in [0.29, 0.717) is 6.07 Å². The Kier molecular flexibility index (Phi) is 6.69. The maximum absolute atomic E-state index is 13.9. The number of nitrogens with one attached hydrogen (secondary N) is 1. The van der Waals surface area contributed by atoms with Gasteiger partial charge in [-0.1, -0.05) is 6.07 Å². The number of hydrogen-bond donors (Lipinski definition) is 1. The molecular formula is C22H21F2N3O8. The number of halogens is 2. The molecule has 1 N–H and O–H groups in total. The summed E-state index contributed by atoms with van der Waals surface area (Å²) in [5.41, 5.74) is -1.49. The normalized spacial score (nSPS) is 18.5. The molecule has 0 aliphatic carbocycles. The highest BCUT2D eigenvalue weighted by molar-refractivity contribution is 5.99. The number of amides is 2. The average molecular weight is 493 g/mol. The van der Waals surface area contributed by atoms with E-state index < -0.39 is 59.4 Å². The van der Waals surface area contributed by atoms with Crippen LogP contribution in [0.15, 0.2) is 29.2 Å². The molecule has 3 heterocycles. The van der Waals surface area contributed by atoms with Crippen molar-refractivity contribution in [2.75, 3.05) is 20.5 Å². The first-order valence-electron chi connectivity index (χ1n) is 10.5. The molecule has 2 atom stereocenters. The number of pyridine rings is 1. The zero-order valence-electron chi connectivity index (χ0n) is 18.7. The lowest BCUT2D eigenvalue weighted by molar-refractivity contribution is 0.00207. The first kappa shape index (κ1) is 24.1. The molecule has 0 saturated carbocycles. The Morgan fingerprint density at radius 1 is 1.26 bits per heavy atom. The molecule has 2 amide bonds. The summed E-state index contributed by atoms with van der Waals surface area (Å²) in [5.74, 6) is -3.59. The molecule has 1 fully saturated rings. The van der Waals surface area contributed by atoms with Crippen molar-refractivity contribution < 1.29 is 42.1 Å². The second-order valence-electron chi connectivity index (χ2n) is 7.83. The van der Waals surface area contributed by atoms with Gasteiger partial charge in [-0.2, -0.15) is 0 Å². The van der Waals surface area contributed by atoms with Crippen LogP contribution in [0.1, 0.15) is 33.3 Å². The summed E-state index contributed by atoms with van der Waals surface area (Å²) < 4.78 is 48.3. The van der Waals surface area contributed by atoms with E-state index in [4.69, 9.17) is 9.47 Å². The Labute approximate surface area is 197 Å². The minimum atomic E-state index is -1.08. The van der Waals surface area contributed by atoms with E-state index in [0.717, 1.165) is 19.2 Å². The van der Waals surface area contributed by atoms with Crippen LogP contribution < -0.4 is 15.5 Å². The van der Waals surface area contributed by atoms with E-state index in [2.05, 4.69) is 14.8 Å². The number of fused-ring (bicyclic) bond motifs is 2. The molecule has 186 valence electrons. The molecule has 11 nitrogen and oxygen atoms in total. The van der Waals surface area contributed by atoms with Crippen LogP contribution in [0.5, 0.6) is 5.75 Å². The second kappa shape index (κ2) is 9.70. The first-order chi connectivity index (χ1) is 16.7. The number of rotatable bonds is 6. The van der Waals surface area contributed by atoms with Crippen LogP contribution in [0.25, 0.3) is 0 Å². The molecule has 2 aromatic rings. The maximum atomic E-state index is 13.9. The number of methoxy groups -OCH3 is 1. The zero-order chi connectivity index (χ0) is 25.3. The SMILES string of the molecule is COC(=O)OCOc1c2n(cc(C(=O)NCc3ccc(F)cc3F)c1=O)C[C@H]1OC[C@H](C)N1C2=O. The van der Waals surface area contributed by atoms with Crippen LogP contribution in [-0.2, 0) is 27.3 Å². The van der Waals surface area contributed by atoms with Crippen LogP contribution >= 0.6 is 0 Å². The van der Waals surface area contributed by atoms with Crippen molar-refractivity contribution >= 4 is 18.0 Å². The van der Waals surface area contributed by atoms with Gasteiger partial charge < -0.3 is 33.7 Å². The van der Waals surface area contributed by atoms with Crippen molar-refractivity contribution in [2.24, 2.45) is 0 Å². The number of hydrogen-bond acceptors (Lipinski definition) is 8. The van der Waals surface area contributed by atoms with Gasteiger partial charge in [-0.3, -0.25) is 14.4 Å². The summed E-state index contributed by atoms with van der Waals surface area (Å²) in [6, 6.07) is 2.60. The van der Waals surface area contributed by atoms with Crippen LogP contribution in [0.2, 0.25) is 0 Å². The zero-order valence-corrected chi connectivity index (χ0v) is 18.7. The lowest BCUT2D eigenvalue weighted by Crippen LogP contribution is -2.49. The summed E-state index contributed by atoms with van der Waals surface area (Å²) in [5, 5.41) is 2.40. The fourth-order valence-electron chi connectivity index (χ4n) is 3.89. The van der Waals surface area contributed by atoms with Crippen LogP contribution in [0.3, 0.4) is 0 Å². The highest BCUT2D eigenvalue weighted by Gasteiger charge is 2.43. The number of benzene rings is 1. The lowest BCUT2D eigenvalue weighted by atomic mass is 10.1. The van der Waals surface area contributed by atoms with E-state index in [1.165, 1.54) is 15.7 Å². The third-order valence-corrected chi connectivity index (χ3v) is 5.59. The van der Waals surface area contributed by atoms with Gasteiger partial charge in [-0.05, 0) is 13.0 Å². The Morgan fingerprint density at radius 3 is 2.74 bits per heavy atom. The molecule has 2 aliphatic rings. The van der Waals surface area contributed by atoms with E-state index in [1.807, 2.05) is 0 Å². The van der Waals surface area contributed by atoms with Gasteiger partial charge >= 0.3 is 6.16 Å². The predicted octanol–water partition coefficient (Wildman–Crippen LogP) is 1.38. The molecule has 0 spiro atoms. The van der Waals surface area contributed by atoms with Crippen molar-refractivity contribution in [1.29, 1.82) is 0 Å². The lowest BCUT2D eigenvalue weighted by Gasteiger charge is -2.34. The smallest absolute Gasteiger partial charge is 0.451 e. The molecule has 1 saturated heterocycles.